The number of hydrogen-bond donors (Lipinski definition) is 1. The number of ether oxygens (including phenoxy) is 1. The summed E-state index contributed by atoms with van der Waals surface area (Å²) in [6, 6.07) is 5.70. The maximum absolute atomic E-state index is 13.6. The molecule has 1 aromatic carbocycles. The number of rotatable bonds is 10. The second-order valence-electron chi connectivity index (χ2n) is 6.07. The van der Waals surface area contributed by atoms with Crippen LogP contribution in [0.1, 0.15) is 43.0 Å². The second kappa shape index (κ2) is 10.4. The summed E-state index contributed by atoms with van der Waals surface area (Å²) in [5.74, 6) is -3.26. The third-order valence-electron chi connectivity index (χ3n) is 3.99. The van der Waals surface area contributed by atoms with E-state index in [4.69, 9.17) is 4.74 Å². The first-order valence-electron chi connectivity index (χ1n) is 8.83. The summed E-state index contributed by atoms with van der Waals surface area (Å²) in [5, 5.41) is 2.66. The van der Waals surface area contributed by atoms with Crippen LogP contribution < -0.4 is 10.1 Å². The van der Waals surface area contributed by atoms with Crippen LogP contribution in [0.5, 0.6) is 5.75 Å². The lowest BCUT2D eigenvalue weighted by molar-refractivity contribution is -0.123. The molecular formula is C20H22F2N2O3. The molecule has 1 atom stereocenters. The molecule has 0 aliphatic heterocycles. The summed E-state index contributed by atoms with van der Waals surface area (Å²) >= 11 is 0. The van der Waals surface area contributed by atoms with Crippen molar-refractivity contribution in [2.75, 3.05) is 6.61 Å². The third-order valence-corrected chi connectivity index (χ3v) is 3.99. The number of carbonyl (C=O) groups excluding carboxylic acids is 2. The third kappa shape index (κ3) is 6.13. The Labute approximate surface area is 156 Å². The van der Waals surface area contributed by atoms with Crippen LogP contribution in [0.3, 0.4) is 0 Å². The zero-order chi connectivity index (χ0) is 19.6. The molecule has 0 saturated heterocycles. The van der Waals surface area contributed by atoms with Gasteiger partial charge in [-0.25, -0.2) is 8.78 Å². The molecule has 27 heavy (non-hydrogen) atoms. The van der Waals surface area contributed by atoms with Crippen molar-refractivity contribution in [2.24, 2.45) is 0 Å². The van der Waals surface area contributed by atoms with E-state index in [9.17, 15) is 18.4 Å². The number of pyridine rings is 1. The van der Waals surface area contributed by atoms with Crippen molar-refractivity contribution in [3.8, 4) is 5.75 Å². The van der Waals surface area contributed by atoms with E-state index in [0.717, 1.165) is 31.4 Å². The molecule has 0 saturated carbocycles. The SMILES string of the molecule is CCCCC[C@H](NC(=O)c1cccnc1)C(=O)COc1c(F)cccc1F. The van der Waals surface area contributed by atoms with Crippen molar-refractivity contribution >= 4 is 11.7 Å². The van der Waals surface area contributed by atoms with Crippen LogP contribution in [-0.2, 0) is 4.79 Å². The Hall–Kier alpha value is -2.83. The number of ketones is 1. The average Bonchev–Trinajstić information content (AvgIpc) is 2.67. The van der Waals surface area contributed by atoms with Crippen LogP contribution in [0, 0.1) is 11.6 Å². The van der Waals surface area contributed by atoms with Gasteiger partial charge in [0.1, 0.15) is 6.61 Å². The lowest BCUT2D eigenvalue weighted by Gasteiger charge is -2.18. The number of nitrogens with one attached hydrogen (secondary N) is 1. The molecule has 5 nitrogen and oxygen atoms in total. The molecule has 0 radical (unpaired) electrons. The number of nitrogens with zero attached hydrogens (tertiary/aromatic N) is 1. The van der Waals surface area contributed by atoms with E-state index >= 15 is 0 Å². The molecule has 0 fully saturated rings. The number of hydrogen-bond acceptors (Lipinski definition) is 4. The highest BCUT2D eigenvalue weighted by molar-refractivity contribution is 5.98. The Kier molecular flexibility index (Phi) is 7.85. The molecule has 2 rings (SSSR count). The molecule has 0 aliphatic rings. The van der Waals surface area contributed by atoms with Gasteiger partial charge < -0.3 is 10.1 Å². The number of unbranched alkanes of at least 4 members (excludes halogenated alkanes) is 2. The first-order chi connectivity index (χ1) is 13.0. The predicted molar refractivity (Wildman–Crippen MR) is 96.5 cm³/mol. The topological polar surface area (TPSA) is 68.3 Å². The monoisotopic (exact) mass is 376 g/mol. The number of benzene rings is 1. The molecule has 144 valence electrons. The van der Waals surface area contributed by atoms with Crippen LogP contribution in [0.25, 0.3) is 0 Å². The van der Waals surface area contributed by atoms with Gasteiger partial charge in [0.15, 0.2) is 23.2 Å². The van der Waals surface area contributed by atoms with E-state index < -0.39 is 41.7 Å². The van der Waals surface area contributed by atoms with Crippen LogP contribution in [0.2, 0.25) is 0 Å². The second-order valence-corrected chi connectivity index (χ2v) is 6.07. The number of para-hydroxylation sites is 1. The largest absolute Gasteiger partial charge is 0.480 e. The fourth-order valence-electron chi connectivity index (χ4n) is 2.52. The summed E-state index contributed by atoms with van der Waals surface area (Å²) in [4.78, 5) is 28.7. The lowest BCUT2D eigenvalue weighted by atomic mass is 10.0. The van der Waals surface area contributed by atoms with E-state index in [1.165, 1.54) is 18.5 Å². The van der Waals surface area contributed by atoms with Gasteiger partial charge in [-0.2, -0.15) is 0 Å². The minimum absolute atomic E-state index is 0.326. The fourth-order valence-corrected chi connectivity index (χ4v) is 2.52. The summed E-state index contributed by atoms with van der Waals surface area (Å²) in [7, 11) is 0. The van der Waals surface area contributed by atoms with Crippen molar-refractivity contribution in [1.82, 2.24) is 10.3 Å². The summed E-state index contributed by atoms with van der Waals surface area (Å²) in [6.07, 6.45) is 5.94. The van der Waals surface area contributed by atoms with E-state index in [1.807, 2.05) is 6.92 Å². The van der Waals surface area contributed by atoms with Crippen LogP contribution >= 0.6 is 0 Å². The van der Waals surface area contributed by atoms with Gasteiger partial charge in [-0.15, -0.1) is 0 Å². The highest BCUT2D eigenvalue weighted by Crippen LogP contribution is 2.21. The van der Waals surface area contributed by atoms with E-state index in [0.29, 0.717) is 12.0 Å². The lowest BCUT2D eigenvalue weighted by Crippen LogP contribution is -2.43. The maximum Gasteiger partial charge on any atom is 0.253 e. The number of Topliss-reactive ketones (excluding diaryl/α,β-unsaturated/α-hetero) is 1. The minimum Gasteiger partial charge on any atom is -0.480 e. The smallest absolute Gasteiger partial charge is 0.253 e. The predicted octanol–water partition coefficient (Wildman–Crippen LogP) is 3.69. The Morgan fingerprint density at radius 3 is 2.52 bits per heavy atom. The molecule has 0 aliphatic carbocycles. The Balaban J connectivity index is 2.03. The van der Waals surface area contributed by atoms with Gasteiger partial charge in [-0.3, -0.25) is 14.6 Å². The van der Waals surface area contributed by atoms with Crippen LogP contribution in [0.15, 0.2) is 42.7 Å². The summed E-state index contributed by atoms with van der Waals surface area (Å²) < 4.78 is 32.3. The van der Waals surface area contributed by atoms with E-state index in [1.54, 1.807) is 12.1 Å². The zero-order valence-corrected chi connectivity index (χ0v) is 15.1. The molecule has 2 aromatic rings. The van der Waals surface area contributed by atoms with Gasteiger partial charge in [-0.1, -0.05) is 32.3 Å². The number of carbonyl (C=O) groups is 2. The average molecular weight is 376 g/mol. The van der Waals surface area contributed by atoms with Crippen molar-refractivity contribution in [1.29, 1.82) is 0 Å². The number of aromatic nitrogens is 1. The molecule has 1 aromatic heterocycles. The Morgan fingerprint density at radius 1 is 1.15 bits per heavy atom. The van der Waals surface area contributed by atoms with Crippen molar-refractivity contribution < 1.29 is 23.1 Å². The first-order valence-corrected chi connectivity index (χ1v) is 8.83. The molecule has 7 heteroatoms. The molecule has 1 amide bonds. The van der Waals surface area contributed by atoms with Gasteiger partial charge in [0, 0.05) is 12.4 Å². The standard InChI is InChI=1S/C20H22F2N2O3/c1-2-3-4-10-17(24-20(26)14-7-6-11-23-12-14)18(25)13-27-19-15(21)8-5-9-16(19)22/h5-9,11-12,17H,2-4,10,13H2,1H3,(H,24,26)/t17-/m0/s1. The van der Waals surface area contributed by atoms with Crippen molar-refractivity contribution in [3.63, 3.8) is 0 Å². The molecule has 1 heterocycles. The number of amides is 1. The highest BCUT2D eigenvalue weighted by atomic mass is 19.1. The normalized spacial score (nSPS) is 11.7. The van der Waals surface area contributed by atoms with Gasteiger partial charge in [0.05, 0.1) is 11.6 Å². The fraction of sp³-hybridized carbons (Fsp3) is 0.350. The van der Waals surface area contributed by atoms with Crippen molar-refractivity contribution in [3.05, 3.63) is 59.9 Å². The first kappa shape index (κ1) is 20.5. The zero-order valence-electron chi connectivity index (χ0n) is 15.1. The summed E-state index contributed by atoms with van der Waals surface area (Å²) in [6.45, 7) is 1.48. The van der Waals surface area contributed by atoms with Crippen LogP contribution in [0.4, 0.5) is 8.78 Å². The molecule has 0 bridgehead atoms. The molecular weight excluding hydrogens is 354 g/mol. The van der Waals surface area contributed by atoms with Gasteiger partial charge in [-0.05, 0) is 30.7 Å². The van der Waals surface area contributed by atoms with Gasteiger partial charge >= 0.3 is 0 Å². The summed E-state index contributed by atoms with van der Waals surface area (Å²) in [5.41, 5.74) is 0.326. The maximum atomic E-state index is 13.6. The Morgan fingerprint density at radius 2 is 1.89 bits per heavy atom. The number of halogens is 2. The van der Waals surface area contributed by atoms with Gasteiger partial charge in [0.2, 0.25) is 0 Å². The quantitative estimate of drug-likeness (QED) is 0.642. The van der Waals surface area contributed by atoms with E-state index in [2.05, 4.69) is 10.3 Å². The van der Waals surface area contributed by atoms with E-state index in [-0.39, 0.29) is 0 Å². The highest BCUT2D eigenvalue weighted by Gasteiger charge is 2.22. The minimum atomic E-state index is -0.885. The Bertz CT molecular complexity index is 749. The molecule has 1 N–H and O–H groups in total. The van der Waals surface area contributed by atoms with Crippen LogP contribution in [-0.4, -0.2) is 29.3 Å². The van der Waals surface area contributed by atoms with Gasteiger partial charge in [0.25, 0.3) is 5.91 Å². The van der Waals surface area contributed by atoms with Crippen molar-refractivity contribution in [2.45, 2.75) is 38.6 Å². The molecule has 0 unspecified atom stereocenters. The molecule has 0 spiro atoms.